The molecular weight excluding hydrogens is 296 g/mol. The van der Waals surface area contributed by atoms with E-state index in [1.807, 2.05) is 0 Å². The minimum atomic E-state index is -0.260. The van der Waals surface area contributed by atoms with E-state index in [9.17, 15) is 4.79 Å². The summed E-state index contributed by atoms with van der Waals surface area (Å²) in [7, 11) is 4.71. The van der Waals surface area contributed by atoms with Crippen LogP contribution in [0.4, 0.5) is 10.5 Å². The molecule has 0 aliphatic rings. The molecule has 0 atom stereocenters. The van der Waals surface area contributed by atoms with Gasteiger partial charge in [0.15, 0.2) is 0 Å². The van der Waals surface area contributed by atoms with Crippen LogP contribution in [-0.2, 0) is 9.47 Å². The molecule has 1 rings (SSSR count). The Labute approximate surface area is 129 Å². The topological polar surface area (TPSA) is 60.0 Å². The average Bonchev–Trinajstić information content (AvgIpc) is 2.47. The maximum atomic E-state index is 12.3. The summed E-state index contributed by atoms with van der Waals surface area (Å²) < 4.78 is 15.2. The maximum absolute atomic E-state index is 12.3. The van der Waals surface area contributed by atoms with Crippen LogP contribution in [0.2, 0.25) is 5.02 Å². The Morgan fingerprint density at radius 3 is 2.33 bits per heavy atom. The molecule has 7 heteroatoms. The summed E-state index contributed by atoms with van der Waals surface area (Å²) in [4.78, 5) is 13.9. The van der Waals surface area contributed by atoms with E-state index in [-0.39, 0.29) is 6.03 Å². The predicted octanol–water partition coefficient (Wildman–Crippen LogP) is 2.48. The molecule has 0 heterocycles. The Balaban J connectivity index is 2.77. The number of rotatable bonds is 8. The molecule has 1 aromatic rings. The van der Waals surface area contributed by atoms with Crippen LogP contribution in [0.25, 0.3) is 0 Å². The van der Waals surface area contributed by atoms with Gasteiger partial charge in [-0.25, -0.2) is 4.79 Å². The van der Waals surface area contributed by atoms with Gasteiger partial charge in [0, 0.05) is 32.3 Å². The van der Waals surface area contributed by atoms with E-state index in [1.165, 1.54) is 7.11 Å². The second kappa shape index (κ2) is 9.44. The van der Waals surface area contributed by atoms with E-state index in [0.29, 0.717) is 42.8 Å². The van der Waals surface area contributed by atoms with Gasteiger partial charge in [0.25, 0.3) is 0 Å². The summed E-state index contributed by atoms with van der Waals surface area (Å²) in [6.45, 7) is 1.83. The Bertz CT molecular complexity index is 449. The van der Waals surface area contributed by atoms with E-state index in [0.717, 1.165) is 0 Å². The first kappa shape index (κ1) is 17.6. The molecule has 0 saturated carbocycles. The number of hydrogen-bond acceptors (Lipinski definition) is 4. The van der Waals surface area contributed by atoms with Crippen molar-refractivity contribution in [2.75, 3.05) is 52.9 Å². The van der Waals surface area contributed by atoms with Crippen molar-refractivity contribution in [2.24, 2.45) is 0 Å². The average molecular weight is 317 g/mol. The van der Waals surface area contributed by atoms with Crippen LogP contribution in [0.15, 0.2) is 18.2 Å². The Kier molecular flexibility index (Phi) is 7.89. The number of methoxy groups -OCH3 is 3. The zero-order valence-electron chi connectivity index (χ0n) is 12.5. The molecule has 0 spiro atoms. The summed E-state index contributed by atoms with van der Waals surface area (Å²) in [5, 5.41) is 3.31. The largest absolute Gasteiger partial charge is 0.495 e. The second-order valence-electron chi connectivity index (χ2n) is 4.25. The molecule has 2 amide bonds. The monoisotopic (exact) mass is 316 g/mol. The van der Waals surface area contributed by atoms with Gasteiger partial charge < -0.3 is 24.4 Å². The number of carbonyl (C=O) groups is 1. The molecule has 1 N–H and O–H groups in total. The fraction of sp³-hybridized carbons (Fsp3) is 0.500. The van der Waals surface area contributed by atoms with Gasteiger partial charge in [0.05, 0.1) is 26.0 Å². The number of benzene rings is 1. The fourth-order valence-corrected chi connectivity index (χ4v) is 1.86. The highest BCUT2D eigenvalue weighted by molar-refractivity contribution is 6.31. The number of carbonyl (C=O) groups excluding carboxylic acids is 1. The summed E-state index contributed by atoms with van der Waals surface area (Å²) >= 11 is 5.94. The van der Waals surface area contributed by atoms with Gasteiger partial charge in [-0.15, -0.1) is 0 Å². The molecule has 0 radical (unpaired) electrons. The standard InChI is InChI=1S/C14H21ClN2O4/c1-19-8-6-17(7-9-20-2)14(18)16-12-10-11(15)4-5-13(12)21-3/h4-5,10H,6-9H2,1-3H3,(H,16,18). The first-order chi connectivity index (χ1) is 10.1. The van der Waals surface area contributed by atoms with Gasteiger partial charge in [0.1, 0.15) is 5.75 Å². The van der Waals surface area contributed by atoms with Gasteiger partial charge in [0.2, 0.25) is 0 Å². The lowest BCUT2D eigenvalue weighted by Gasteiger charge is -2.23. The third-order valence-electron chi connectivity index (χ3n) is 2.82. The van der Waals surface area contributed by atoms with Gasteiger partial charge in [-0.1, -0.05) is 11.6 Å². The van der Waals surface area contributed by atoms with E-state index in [1.54, 1.807) is 37.3 Å². The molecule has 1 aromatic carbocycles. The molecule has 0 saturated heterocycles. The molecule has 118 valence electrons. The van der Waals surface area contributed by atoms with Crippen molar-refractivity contribution < 1.29 is 19.0 Å². The highest BCUT2D eigenvalue weighted by Gasteiger charge is 2.15. The van der Waals surface area contributed by atoms with Crippen LogP contribution in [0.5, 0.6) is 5.75 Å². The van der Waals surface area contributed by atoms with E-state index in [4.69, 9.17) is 25.8 Å². The first-order valence-electron chi connectivity index (χ1n) is 6.49. The number of hydrogen-bond donors (Lipinski definition) is 1. The lowest BCUT2D eigenvalue weighted by molar-refractivity contribution is 0.127. The minimum Gasteiger partial charge on any atom is -0.495 e. The smallest absolute Gasteiger partial charge is 0.322 e. The highest BCUT2D eigenvalue weighted by Crippen LogP contribution is 2.27. The molecule has 0 aromatic heterocycles. The fourth-order valence-electron chi connectivity index (χ4n) is 1.69. The minimum absolute atomic E-state index is 0.260. The molecule has 0 bridgehead atoms. The number of amides is 2. The van der Waals surface area contributed by atoms with Gasteiger partial charge in [-0.05, 0) is 18.2 Å². The summed E-state index contributed by atoms with van der Waals surface area (Å²) in [6, 6.07) is 4.78. The zero-order chi connectivity index (χ0) is 15.7. The Morgan fingerprint density at radius 2 is 1.81 bits per heavy atom. The third kappa shape index (κ3) is 5.79. The quantitative estimate of drug-likeness (QED) is 0.800. The van der Waals surface area contributed by atoms with Crippen LogP contribution < -0.4 is 10.1 Å². The maximum Gasteiger partial charge on any atom is 0.322 e. The Hall–Kier alpha value is -1.50. The van der Waals surface area contributed by atoms with Crippen LogP contribution >= 0.6 is 11.6 Å². The van der Waals surface area contributed by atoms with Crippen molar-refractivity contribution in [3.05, 3.63) is 23.2 Å². The van der Waals surface area contributed by atoms with E-state index >= 15 is 0 Å². The molecule has 0 unspecified atom stereocenters. The summed E-state index contributed by atoms with van der Waals surface area (Å²) in [5.74, 6) is 0.547. The SMILES string of the molecule is COCCN(CCOC)C(=O)Nc1cc(Cl)ccc1OC. The van der Waals surface area contributed by atoms with Crippen LogP contribution in [-0.4, -0.2) is 58.6 Å². The van der Waals surface area contributed by atoms with Gasteiger partial charge in [-0.3, -0.25) is 0 Å². The van der Waals surface area contributed by atoms with Crippen LogP contribution in [0.1, 0.15) is 0 Å². The number of ether oxygens (including phenoxy) is 3. The molecule has 0 fully saturated rings. The van der Waals surface area contributed by atoms with Gasteiger partial charge >= 0.3 is 6.03 Å². The number of urea groups is 1. The third-order valence-corrected chi connectivity index (χ3v) is 3.06. The molecule has 0 aliphatic carbocycles. The lowest BCUT2D eigenvalue weighted by atomic mass is 10.3. The van der Waals surface area contributed by atoms with Crippen LogP contribution in [0, 0.1) is 0 Å². The van der Waals surface area contributed by atoms with Crippen molar-refractivity contribution in [2.45, 2.75) is 0 Å². The number of halogens is 1. The molecule has 6 nitrogen and oxygen atoms in total. The van der Waals surface area contributed by atoms with Crippen molar-refractivity contribution in [3.63, 3.8) is 0 Å². The van der Waals surface area contributed by atoms with Crippen molar-refractivity contribution >= 4 is 23.3 Å². The second-order valence-corrected chi connectivity index (χ2v) is 4.68. The van der Waals surface area contributed by atoms with Crippen molar-refractivity contribution in [1.29, 1.82) is 0 Å². The lowest BCUT2D eigenvalue weighted by Crippen LogP contribution is -2.39. The van der Waals surface area contributed by atoms with Crippen molar-refractivity contribution in [1.82, 2.24) is 4.90 Å². The first-order valence-corrected chi connectivity index (χ1v) is 6.87. The normalized spacial score (nSPS) is 10.3. The van der Waals surface area contributed by atoms with E-state index in [2.05, 4.69) is 5.32 Å². The summed E-state index contributed by atoms with van der Waals surface area (Å²) in [6.07, 6.45) is 0. The van der Waals surface area contributed by atoms with E-state index < -0.39 is 0 Å². The predicted molar refractivity (Wildman–Crippen MR) is 82.3 cm³/mol. The molecule has 0 aliphatic heterocycles. The van der Waals surface area contributed by atoms with Gasteiger partial charge in [-0.2, -0.15) is 0 Å². The Morgan fingerprint density at radius 1 is 1.19 bits per heavy atom. The highest BCUT2D eigenvalue weighted by atomic mass is 35.5. The van der Waals surface area contributed by atoms with Crippen LogP contribution in [0.3, 0.4) is 0 Å². The molecule has 21 heavy (non-hydrogen) atoms. The summed E-state index contributed by atoms with van der Waals surface area (Å²) in [5.41, 5.74) is 0.523. The number of nitrogens with zero attached hydrogens (tertiary/aromatic N) is 1. The van der Waals surface area contributed by atoms with Crippen molar-refractivity contribution in [3.8, 4) is 5.75 Å². The number of nitrogens with one attached hydrogen (secondary N) is 1. The molecular formula is C14H21ClN2O4. The zero-order valence-corrected chi connectivity index (χ0v) is 13.3. The number of anilines is 1.